The Labute approximate surface area is 468 Å². The minimum atomic E-state index is -5.20. The lowest BCUT2D eigenvalue weighted by Gasteiger charge is -2.25. The van der Waals surface area contributed by atoms with Crippen molar-refractivity contribution < 1.29 is 73.7 Å². The number of benzene rings is 5. The molecule has 432 valence electrons. The molecule has 3 aliphatic rings. The van der Waals surface area contributed by atoms with Gasteiger partial charge in [-0.2, -0.15) is 0 Å². The van der Waals surface area contributed by atoms with E-state index in [1.54, 1.807) is 30.3 Å². The van der Waals surface area contributed by atoms with Crippen LogP contribution in [0.25, 0.3) is 33.4 Å². The van der Waals surface area contributed by atoms with Gasteiger partial charge in [0.05, 0.1) is 30.2 Å². The Morgan fingerprint density at radius 2 is 1.41 bits per heavy atom. The number of rotatable bonds is 23. The Kier molecular flexibility index (Phi) is 20.3. The molecule has 0 unspecified atom stereocenters. The highest BCUT2D eigenvalue weighted by molar-refractivity contribution is 7.91. The number of carboxylic acids is 1. The highest BCUT2D eigenvalue weighted by Crippen LogP contribution is 2.43. The number of halogens is 3. The number of thiocarbonyl (C=S) groups is 1. The first-order valence-corrected chi connectivity index (χ1v) is 29.2. The number of carbonyl (C=O) groups excluding carboxylic acids is 3. The van der Waals surface area contributed by atoms with Crippen molar-refractivity contribution in [1.29, 1.82) is 0 Å². The maximum atomic E-state index is 15.7. The molecule has 1 aliphatic heterocycles. The fourth-order valence-electron chi connectivity index (χ4n) is 9.21. The summed E-state index contributed by atoms with van der Waals surface area (Å²) in [5, 5.41) is 52.0. The highest BCUT2D eigenvalue weighted by Gasteiger charge is 2.37. The Morgan fingerprint density at radius 3 is 2.11 bits per heavy atom. The summed E-state index contributed by atoms with van der Waals surface area (Å²) in [5.74, 6) is -10.8. The van der Waals surface area contributed by atoms with Crippen LogP contribution in [-0.4, -0.2) is 112 Å². The van der Waals surface area contributed by atoms with E-state index in [1.165, 1.54) is 48.5 Å². The van der Waals surface area contributed by atoms with E-state index in [1.807, 2.05) is 0 Å². The molecule has 0 saturated heterocycles. The van der Waals surface area contributed by atoms with Gasteiger partial charge in [-0.3, -0.25) is 19.2 Å². The second-order valence-corrected chi connectivity index (χ2v) is 23.0. The van der Waals surface area contributed by atoms with Crippen molar-refractivity contribution in [1.82, 2.24) is 21.3 Å². The third kappa shape index (κ3) is 16.0. The maximum absolute atomic E-state index is 15.7. The van der Waals surface area contributed by atoms with E-state index < -0.39 is 101 Å². The molecule has 3 amide bonds. The molecule has 2 aliphatic carbocycles. The van der Waals surface area contributed by atoms with Gasteiger partial charge in [0.2, 0.25) is 27.7 Å². The van der Waals surface area contributed by atoms with Crippen LogP contribution in [-0.2, 0) is 45.4 Å². The number of fused-ring (bicyclic) bond motifs is 2. The largest absolute Gasteiger partial charge is 0.508 e. The standard InChI is InChI=1S/C54H58F3N7O14S3/c55-46-47(56)51(49(48(57)50(46)81(58,75)76)62-31-6-4-2-1-3-5-7-31)80(73,74)25-19-43(68)59-22-24-77-23-18-44(69)64-40(26-30-8-11-33(65)12-9-30)52(70)60-20-21-61-54(79)63-32-10-15-36(39(27-32)53(71)72)45-37-16-13-34(66)28-41(37)78-42-29-35(67)14-17-38(42)45/h8-17,27-29,31,40,62,65-66H,1-7,18-26H2,(H,59,68)(H,60,70)(H,64,69)(H,71,72)(H2,58,75,76)(H2,61,63,79)/t40-/m0/s1. The first kappa shape index (κ1) is 60.8. The number of carbonyl (C=O) groups is 4. The normalized spacial score (nSPS) is 13.6. The summed E-state index contributed by atoms with van der Waals surface area (Å²) in [6.07, 6.45) is 3.66. The van der Waals surface area contributed by atoms with Crippen molar-refractivity contribution >= 4 is 83.2 Å². The number of aromatic carboxylic acids is 1. The van der Waals surface area contributed by atoms with Crippen LogP contribution in [0.4, 0.5) is 24.5 Å². The molecular weight excluding hydrogens is 1120 g/mol. The van der Waals surface area contributed by atoms with Crippen molar-refractivity contribution in [2.75, 3.05) is 49.2 Å². The Hall–Kier alpha value is -7.85. The number of anilines is 2. The molecule has 0 spiro atoms. The number of nitrogens with one attached hydrogen (secondary N) is 6. The third-order valence-electron chi connectivity index (χ3n) is 13.1. The van der Waals surface area contributed by atoms with Crippen molar-refractivity contribution in [3.05, 3.63) is 118 Å². The summed E-state index contributed by atoms with van der Waals surface area (Å²) >= 11 is 5.45. The zero-order valence-corrected chi connectivity index (χ0v) is 45.7. The minimum Gasteiger partial charge on any atom is -0.508 e. The van der Waals surface area contributed by atoms with E-state index in [0.29, 0.717) is 59.0 Å². The molecule has 1 saturated carbocycles. The summed E-state index contributed by atoms with van der Waals surface area (Å²) in [6, 6.07) is 17.3. The lowest BCUT2D eigenvalue weighted by atomic mass is 9.90. The van der Waals surface area contributed by atoms with Crippen molar-refractivity contribution in [3.8, 4) is 33.9 Å². The quantitative estimate of drug-likeness (QED) is 0.0157. The number of sulfone groups is 1. The average Bonchev–Trinajstić information content (AvgIpc) is 2.64. The van der Waals surface area contributed by atoms with Gasteiger partial charge >= 0.3 is 5.97 Å². The lowest BCUT2D eigenvalue weighted by molar-refractivity contribution is -0.129. The lowest BCUT2D eigenvalue weighted by Crippen LogP contribution is -2.49. The van der Waals surface area contributed by atoms with Crippen LogP contribution in [0.2, 0.25) is 0 Å². The minimum absolute atomic E-state index is 0.00345. The Morgan fingerprint density at radius 1 is 0.741 bits per heavy atom. The van der Waals surface area contributed by atoms with Crippen LogP contribution < -0.4 is 42.5 Å². The van der Waals surface area contributed by atoms with Crippen LogP contribution in [0.15, 0.2) is 97.9 Å². The van der Waals surface area contributed by atoms with Crippen LogP contribution >= 0.6 is 12.2 Å². The van der Waals surface area contributed by atoms with Crippen LogP contribution in [0, 0.1) is 17.5 Å². The second kappa shape index (κ2) is 27.1. The van der Waals surface area contributed by atoms with E-state index >= 15 is 13.2 Å². The number of carboxylic acid groups (broad SMARTS) is 1. The van der Waals surface area contributed by atoms with E-state index in [9.17, 15) is 56.1 Å². The molecule has 4 aromatic rings. The van der Waals surface area contributed by atoms with Gasteiger partial charge in [0, 0.05) is 79.3 Å². The maximum Gasteiger partial charge on any atom is 0.336 e. The molecule has 1 heterocycles. The number of ether oxygens (including phenoxy) is 1. The number of aromatic hydroxyl groups is 2. The number of primary sulfonamides is 1. The fourth-order valence-corrected chi connectivity index (χ4v) is 11.6. The topological polar surface area (TPSA) is 335 Å². The molecular formula is C54H58F3N7O14S3. The predicted octanol–water partition coefficient (Wildman–Crippen LogP) is 5.78. The van der Waals surface area contributed by atoms with Gasteiger partial charge in [-0.05, 0) is 84.7 Å². The van der Waals surface area contributed by atoms with E-state index in [-0.39, 0.29) is 84.6 Å². The summed E-state index contributed by atoms with van der Waals surface area (Å²) in [7, 11) is -10.2. The van der Waals surface area contributed by atoms with Crippen molar-refractivity contribution in [3.63, 3.8) is 0 Å². The first-order valence-electron chi connectivity index (χ1n) is 25.5. The molecule has 0 aromatic heterocycles. The van der Waals surface area contributed by atoms with Gasteiger partial charge in [-0.15, -0.1) is 0 Å². The van der Waals surface area contributed by atoms with E-state index in [2.05, 4.69) is 31.9 Å². The van der Waals surface area contributed by atoms with Crippen LogP contribution in [0.5, 0.6) is 11.5 Å². The number of phenolic OH excluding ortho intramolecular Hbond substituents is 2. The van der Waals surface area contributed by atoms with Gasteiger partial charge in [-0.25, -0.2) is 39.9 Å². The van der Waals surface area contributed by atoms with Crippen molar-refractivity contribution in [2.24, 2.45) is 5.14 Å². The number of hydrogen-bond acceptors (Lipinski definition) is 15. The molecule has 27 heteroatoms. The Balaban J connectivity index is 0.882. The van der Waals surface area contributed by atoms with E-state index in [0.717, 1.165) is 19.3 Å². The summed E-state index contributed by atoms with van der Waals surface area (Å²) in [4.78, 5) is 60.9. The first-order chi connectivity index (χ1) is 38.5. The molecule has 11 N–H and O–H groups in total. The van der Waals surface area contributed by atoms with Crippen LogP contribution in [0.1, 0.15) is 73.7 Å². The monoisotopic (exact) mass is 1180 g/mol. The molecule has 81 heavy (non-hydrogen) atoms. The number of phenols is 2. The molecule has 0 bridgehead atoms. The van der Waals surface area contributed by atoms with Crippen molar-refractivity contribution in [2.45, 2.75) is 86.1 Å². The molecule has 7 rings (SSSR count). The third-order valence-corrected chi connectivity index (χ3v) is 16.0. The zero-order chi connectivity index (χ0) is 58.6. The molecule has 4 aromatic carbocycles. The van der Waals surface area contributed by atoms with Gasteiger partial charge < -0.3 is 56.4 Å². The predicted molar refractivity (Wildman–Crippen MR) is 297 cm³/mol. The fraction of sp³-hybridized carbons (Fsp3) is 0.333. The average molecular weight is 1180 g/mol. The van der Waals surface area contributed by atoms with E-state index in [4.69, 9.17) is 26.5 Å². The second-order valence-electron chi connectivity index (χ2n) is 19.0. The molecule has 21 nitrogen and oxygen atoms in total. The van der Waals surface area contributed by atoms with Gasteiger partial charge in [0.25, 0.3) is 0 Å². The molecule has 0 radical (unpaired) electrons. The summed E-state index contributed by atoms with van der Waals surface area (Å²) in [6.45, 7) is -0.476. The van der Waals surface area contributed by atoms with Gasteiger partial charge in [0.15, 0.2) is 42.7 Å². The summed E-state index contributed by atoms with van der Waals surface area (Å²) in [5.41, 5.74) is 0.786. The Bertz CT molecular complexity index is 3600. The summed E-state index contributed by atoms with van der Waals surface area (Å²) < 4.78 is 109. The number of nitrogens with two attached hydrogens (primary N) is 1. The molecule has 1 fully saturated rings. The zero-order valence-electron chi connectivity index (χ0n) is 43.2. The number of amides is 3. The van der Waals surface area contributed by atoms with Crippen LogP contribution in [0.3, 0.4) is 0 Å². The number of hydrogen-bond donors (Lipinski definition) is 10. The SMILES string of the molecule is NS(=O)(=O)c1c(F)c(F)c(S(=O)(=O)CCC(=O)NCCOCCC(=O)N[C@@H](Cc2ccc(O)cc2)C(=O)NCCNC(=S)Nc2ccc(-c3c4ccc(=O)cc-4oc4cc(O)ccc34)c(C(=O)O)c2)c(NC2CCCCCCC2)c1F. The van der Waals surface area contributed by atoms with Gasteiger partial charge in [0.1, 0.15) is 33.8 Å². The highest BCUT2D eigenvalue weighted by atomic mass is 32.2. The smallest absolute Gasteiger partial charge is 0.336 e. The molecule has 1 atom stereocenters. The van der Waals surface area contributed by atoms with Gasteiger partial charge in [-0.1, -0.05) is 50.3 Å². The number of sulfonamides is 1.